The molecule has 0 saturated heterocycles. The Morgan fingerprint density at radius 3 is 2.53 bits per heavy atom. The molecule has 0 fully saturated rings. The van der Waals surface area contributed by atoms with Gasteiger partial charge in [0.25, 0.3) is 0 Å². The maximum absolute atomic E-state index is 11.5. The highest BCUT2D eigenvalue weighted by Crippen LogP contribution is 2.05. The van der Waals surface area contributed by atoms with Crippen molar-refractivity contribution in [2.75, 3.05) is 0 Å². The van der Waals surface area contributed by atoms with Crippen LogP contribution in [0.15, 0.2) is 78.1 Å². The summed E-state index contributed by atoms with van der Waals surface area (Å²) in [6, 6.07) is 9.75. The van der Waals surface area contributed by atoms with E-state index in [0.29, 0.717) is 0 Å². The second kappa shape index (κ2) is 5.64. The van der Waals surface area contributed by atoms with E-state index in [4.69, 9.17) is 0 Å². The Morgan fingerprint density at radius 1 is 1.06 bits per heavy atom. The van der Waals surface area contributed by atoms with Gasteiger partial charge in [-0.2, -0.15) is 0 Å². The van der Waals surface area contributed by atoms with Crippen LogP contribution in [0.1, 0.15) is 5.56 Å². The SMILES string of the molecule is O=C(/C=C/C1=CC=C=C1)/C=C/c1ccccc1. The fourth-order valence-corrected chi connectivity index (χ4v) is 1.42. The molecule has 17 heavy (non-hydrogen) atoms. The second-order valence-electron chi connectivity index (χ2n) is 3.62. The van der Waals surface area contributed by atoms with Crippen molar-refractivity contribution < 1.29 is 4.79 Å². The number of allylic oxidation sites excluding steroid dienone is 6. The largest absolute Gasteiger partial charge is 0.290 e. The van der Waals surface area contributed by atoms with Crippen molar-refractivity contribution in [1.29, 1.82) is 0 Å². The highest BCUT2D eigenvalue weighted by Gasteiger charge is 1.92. The van der Waals surface area contributed by atoms with Gasteiger partial charge in [-0.15, -0.1) is 5.73 Å². The van der Waals surface area contributed by atoms with Crippen LogP contribution >= 0.6 is 0 Å². The van der Waals surface area contributed by atoms with Crippen molar-refractivity contribution in [1.82, 2.24) is 0 Å². The zero-order valence-electron chi connectivity index (χ0n) is 9.34. The minimum absolute atomic E-state index is 0.0185. The summed E-state index contributed by atoms with van der Waals surface area (Å²) in [5, 5.41) is 0. The molecule has 1 aromatic carbocycles. The number of rotatable bonds is 4. The molecular formula is C16H12O. The first-order chi connectivity index (χ1) is 8.34. The Kier molecular flexibility index (Phi) is 3.69. The van der Waals surface area contributed by atoms with Crippen LogP contribution in [-0.2, 0) is 4.79 Å². The van der Waals surface area contributed by atoms with E-state index in [-0.39, 0.29) is 5.78 Å². The summed E-state index contributed by atoms with van der Waals surface area (Å²) in [5.41, 5.74) is 4.95. The Hall–Kier alpha value is -2.37. The number of benzene rings is 1. The fraction of sp³-hybridized carbons (Fsp3) is 0. The lowest BCUT2D eigenvalue weighted by Crippen LogP contribution is -1.85. The van der Waals surface area contributed by atoms with Crippen LogP contribution in [0.4, 0.5) is 0 Å². The predicted octanol–water partition coefficient (Wildman–Crippen LogP) is 3.48. The zero-order chi connectivity index (χ0) is 11.9. The number of hydrogen-bond acceptors (Lipinski definition) is 1. The Labute approximate surface area is 101 Å². The molecule has 1 aliphatic carbocycles. The molecule has 1 nitrogen and oxygen atoms in total. The van der Waals surface area contributed by atoms with Gasteiger partial charge >= 0.3 is 0 Å². The van der Waals surface area contributed by atoms with Gasteiger partial charge in [0.05, 0.1) is 0 Å². The average Bonchev–Trinajstić information content (AvgIpc) is 2.88. The lowest BCUT2D eigenvalue weighted by Gasteiger charge is -1.90. The molecule has 0 aromatic heterocycles. The van der Waals surface area contributed by atoms with Gasteiger partial charge in [-0.25, -0.2) is 0 Å². The number of ketones is 1. The molecule has 1 heteroatoms. The van der Waals surface area contributed by atoms with E-state index in [9.17, 15) is 4.79 Å². The maximum Gasteiger partial charge on any atom is 0.178 e. The summed E-state index contributed by atoms with van der Waals surface area (Å²) < 4.78 is 0. The van der Waals surface area contributed by atoms with E-state index in [1.54, 1.807) is 18.2 Å². The van der Waals surface area contributed by atoms with Gasteiger partial charge in [0.1, 0.15) is 0 Å². The van der Waals surface area contributed by atoms with E-state index in [0.717, 1.165) is 11.1 Å². The summed E-state index contributed by atoms with van der Waals surface area (Å²) in [4.78, 5) is 11.5. The molecule has 1 aromatic rings. The predicted molar refractivity (Wildman–Crippen MR) is 70.4 cm³/mol. The minimum Gasteiger partial charge on any atom is -0.290 e. The van der Waals surface area contributed by atoms with Gasteiger partial charge in [0, 0.05) is 0 Å². The van der Waals surface area contributed by atoms with Crippen LogP contribution in [0.3, 0.4) is 0 Å². The standard InChI is InChI=1S/C16H12O/c17-16(13-11-15-8-4-5-9-15)12-10-14-6-2-1-3-7-14/h1-4,6-13H/b12-10+,13-11+. The Balaban J connectivity index is 1.94. The second-order valence-corrected chi connectivity index (χ2v) is 3.62. The summed E-state index contributed by atoms with van der Waals surface area (Å²) in [6.45, 7) is 0. The average molecular weight is 220 g/mol. The van der Waals surface area contributed by atoms with E-state index in [1.165, 1.54) is 0 Å². The van der Waals surface area contributed by atoms with Gasteiger partial charge in [-0.05, 0) is 41.5 Å². The molecule has 0 amide bonds. The number of carbonyl (C=O) groups is 1. The van der Waals surface area contributed by atoms with Crippen molar-refractivity contribution in [2.45, 2.75) is 0 Å². The minimum atomic E-state index is -0.0185. The Bertz CT molecular complexity index is 550. The molecule has 0 bridgehead atoms. The van der Waals surface area contributed by atoms with Gasteiger partial charge < -0.3 is 0 Å². The molecular weight excluding hydrogens is 208 g/mol. The van der Waals surface area contributed by atoms with Gasteiger partial charge in [-0.3, -0.25) is 4.79 Å². The van der Waals surface area contributed by atoms with E-state index in [1.807, 2.05) is 54.6 Å². The first-order valence-corrected chi connectivity index (χ1v) is 5.42. The topological polar surface area (TPSA) is 17.1 Å². The van der Waals surface area contributed by atoms with Crippen molar-refractivity contribution in [3.05, 3.63) is 83.7 Å². The molecule has 2 rings (SSSR count). The third-order valence-electron chi connectivity index (χ3n) is 2.30. The molecule has 0 aliphatic heterocycles. The first kappa shape index (κ1) is 11.1. The van der Waals surface area contributed by atoms with Crippen LogP contribution in [-0.4, -0.2) is 5.78 Å². The third-order valence-corrected chi connectivity index (χ3v) is 2.30. The van der Waals surface area contributed by atoms with Crippen LogP contribution < -0.4 is 0 Å². The first-order valence-electron chi connectivity index (χ1n) is 5.42. The zero-order valence-corrected chi connectivity index (χ0v) is 9.34. The van der Waals surface area contributed by atoms with Crippen molar-refractivity contribution in [2.24, 2.45) is 0 Å². The highest BCUT2D eigenvalue weighted by atomic mass is 16.1. The van der Waals surface area contributed by atoms with Crippen LogP contribution in [0.2, 0.25) is 0 Å². The maximum atomic E-state index is 11.5. The number of carbonyl (C=O) groups excluding carboxylic acids is 1. The van der Waals surface area contributed by atoms with Crippen molar-refractivity contribution >= 4 is 11.9 Å². The molecule has 0 saturated carbocycles. The summed E-state index contributed by atoms with van der Waals surface area (Å²) in [5.74, 6) is -0.0185. The van der Waals surface area contributed by atoms with Gasteiger partial charge in [0.2, 0.25) is 0 Å². The van der Waals surface area contributed by atoms with Crippen molar-refractivity contribution in [3.8, 4) is 0 Å². The molecule has 82 valence electrons. The quantitative estimate of drug-likeness (QED) is 0.561. The lowest BCUT2D eigenvalue weighted by atomic mass is 10.2. The summed E-state index contributed by atoms with van der Waals surface area (Å²) in [7, 11) is 0. The van der Waals surface area contributed by atoms with E-state index < -0.39 is 0 Å². The Morgan fingerprint density at radius 2 is 1.82 bits per heavy atom. The molecule has 0 atom stereocenters. The number of hydrogen-bond donors (Lipinski definition) is 0. The fourth-order valence-electron chi connectivity index (χ4n) is 1.42. The highest BCUT2D eigenvalue weighted by molar-refractivity contribution is 6.02. The van der Waals surface area contributed by atoms with Gasteiger partial charge in [-0.1, -0.05) is 42.5 Å². The van der Waals surface area contributed by atoms with Crippen molar-refractivity contribution in [3.63, 3.8) is 0 Å². The van der Waals surface area contributed by atoms with Gasteiger partial charge in [0.15, 0.2) is 5.78 Å². The smallest absolute Gasteiger partial charge is 0.178 e. The summed E-state index contributed by atoms with van der Waals surface area (Å²) >= 11 is 0. The lowest BCUT2D eigenvalue weighted by molar-refractivity contribution is -0.110. The van der Waals surface area contributed by atoms with Crippen LogP contribution in [0.5, 0.6) is 0 Å². The molecule has 0 heterocycles. The van der Waals surface area contributed by atoms with Crippen LogP contribution in [0, 0.1) is 0 Å². The molecule has 0 radical (unpaired) electrons. The van der Waals surface area contributed by atoms with E-state index in [2.05, 4.69) is 5.73 Å². The van der Waals surface area contributed by atoms with E-state index >= 15 is 0 Å². The summed E-state index contributed by atoms with van der Waals surface area (Å²) in [6.07, 6.45) is 12.3. The molecule has 1 aliphatic rings. The molecule has 0 unspecified atom stereocenters. The third kappa shape index (κ3) is 3.60. The monoisotopic (exact) mass is 220 g/mol. The normalized spacial score (nSPS) is 13.8. The molecule has 0 spiro atoms. The van der Waals surface area contributed by atoms with Crippen LogP contribution in [0.25, 0.3) is 6.08 Å². The molecule has 0 N–H and O–H groups in total.